The average Bonchev–Trinajstić information content (AvgIpc) is 2.75. The summed E-state index contributed by atoms with van der Waals surface area (Å²) in [5.74, 6) is -0.0689. The van der Waals surface area contributed by atoms with Crippen molar-refractivity contribution >= 4 is 29.0 Å². The quantitative estimate of drug-likeness (QED) is 0.422. The lowest BCUT2D eigenvalue weighted by Crippen LogP contribution is -2.49. The van der Waals surface area contributed by atoms with Gasteiger partial charge in [-0.2, -0.15) is 0 Å². The molecule has 0 radical (unpaired) electrons. The van der Waals surface area contributed by atoms with E-state index in [4.69, 9.17) is 18.2 Å². The number of ether oxygens (including phenoxy) is 1. The smallest absolute Gasteiger partial charge is 0.420 e. The van der Waals surface area contributed by atoms with E-state index in [1.165, 1.54) is 41.1 Å². The maximum atomic E-state index is 12.9. The minimum absolute atomic E-state index is 0.119. The summed E-state index contributed by atoms with van der Waals surface area (Å²) in [6.07, 6.45) is 3.03. The Labute approximate surface area is 198 Å². The van der Waals surface area contributed by atoms with Crippen LogP contribution in [0.1, 0.15) is 10.4 Å². The largest absolute Gasteiger partial charge is 0.487 e. The van der Waals surface area contributed by atoms with Crippen molar-refractivity contribution in [2.24, 2.45) is 7.05 Å². The van der Waals surface area contributed by atoms with E-state index in [-0.39, 0.29) is 22.9 Å². The first-order valence-corrected chi connectivity index (χ1v) is 10.5. The van der Waals surface area contributed by atoms with E-state index in [0.717, 1.165) is 0 Å². The zero-order chi connectivity index (χ0) is 24.5. The van der Waals surface area contributed by atoms with Gasteiger partial charge in [0.1, 0.15) is 11.6 Å². The van der Waals surface area contributed by atoms with Gasteiger partial charge in [0, 0.05) is 48.4 Å². The summed E-state index contributed by atoms with van der Waals surface area (Å²) in [4.78, 5) is 34.9. The van der Waals surface area contributed by atoms with Crippen molar-refractivity contribution in [3.63, 3.8) is 0 Å². The van der Waals surface area contributed by atoms with Gasteiger partial charge in [0.2, 0.25) is 0 Å². The molecule has 0 aliphatic carbocycles. The molecule has 1 aliphatic rings. The molecule has 0 atom stereocenters. The third-order valence-electron chi connectivity index (χ3n) is 5.23. The number of benzene rings is 1. The Morgan fingerprint density at radius 1 is 1.26 bits per heavy atom. The fourth-order valence-electron chi connectivity index (χ4n) is 3.42. The van der Waals surface area contributed by atoms with E-state index in [1.807, 2.05) is 4.90 Å². The number of amides is 1. The molecular formula is C23H18ClF2N5O3. The van der Waals surface area contributed by atoms with Gasteiger partial charge in [-0.1, -0.05) is 0 Å². The van der Waals surface area contributed by atoms with Gasteiger partial charge in [-0.3, -0.25) is 9.59 Å². The second-order valence-corrected chi connectivity index (χ2v) is 8.11. The third kappa shape index (κ3) is 5.15. The fourth-order valence-corrected chi connectivity index (χ4v) is 3.50. The predicted molar refractivity (Wildman–Crippen MR) is 123 cm³/mol. The highest BCUT2D eigenvalue weighted by atomic mass is 35.5. The van der Waals surface area contributed by atoms with E-state index in [0.29, 0.717) is 35.7 Å². The van der Waals surface area contributed by atoms with Gasteiger partial charge in [-0.05, 0) is 42.0 Å². The lowest BCUT2D eigenvalue weighted by molar-refractivity contribution is -0.0964. The van der Waals surface area contributed by atoms with Gasteiger partial charge < -0.3 is 24.4 Å². The molecule has 3 heterocycles. The molecule has 11 heteroatoms. The predicted octanol–water partition coefficient (Wildman–Crippen LogP) is 3.98. The molecule has 8 nitrogen and oxygen atoms in total. The number of anilines is 2. The summed E-state index contributed by atoms with van der Waals surface area (Å²) < 4.78 is 31.2. The lowest BCUT2D eigenvalue weighted by Gasteiger charge is -2.34. The van der Waals surface area contributed by atoms with Crippen LogP contribution >= 0.6 is 11.6 Å². The molecule has 0 bridgehead atoms. The van der Waals surface area contributed by atoms with Gasteiger partial charge in [0.25, 0.3) is 17.5 Å². The second-order valence-electron chi connectivity index (χ2n) is 7.67. The molecule has 34 heavy (non-hydrogen) atoms. The molecule has 0 spiro atoms. The molecule has 0 saturated carbocycles. The van der Waals surface area contributed by atoms with E-state index < -0.39 is 11.5 Å². The highest BCUT2D eigenvalue weighted by molar-refractivity contribution is 6.20. The average molecular weight is 486 g/mol. The minimum Gasteiger partial charge on any atom is -0.420 e. The van der Waals surface area contributed by atoms with E-state index in [9.17, 15) is 18.4 Å². The number of halogens is 3. The Balaban J connectivity index is 1.61. The summed E-state index contributed by atoms with van der Waals surface area (Å²) in [5.41, 5.74) is -2.30. The van der Waals surface area contributed by atoms with Crippen LogP contribution < -0.4 is 20.5 Å². The SMILES string of the molecule is [C-]#[N+]C1CN(c2ncc(C(=O)Nc3ccc(OC(F)(F)Cl)cc3)cc2-c2ccn(C)c(=O)c2)C1. The number of nitrogens with zero attached hydrogens (tertiary/aromatic N) is 4. The molecule has 174 valence electrons. The van der Waals surface area contributed by atoms with Gasteiger partial charge in [-0.25, -0.2) is 11.6 Å². The van der Waals surface area contributed by atoms with Crippen LogP contribution in [-0.4, -0.2) is 40.2 Å². The van der Waals surface area contributed by atoms with Gasteiger partial charge in [0.05, 0.1) is 18.7 Å². The topological polar surface area (TPSA) is 80.8 Å². The Hall–Kier alpha value is -3.97. The van der Waals surface area contributed by atoms with Crippen molar-refractivity contribution in [2.75, 3.05) is 23.3 Å². The molecule has 3 aromatic rings. The lowest BCUT2D eigenvalue weighted by atomic mass is 10.0. The van der Waals surface area contributed by atoms with E-state index in [1.54, 1.807) is 25.4 Å². The maximum absolute atomic E-state index is 12.9. The van der Waals surface area contributed by atoms with E-state index in [2.05, 4.69) is 19.9 Å². The second kappa shape index (κ2) is 9.11. The number of aryl methyl sites for hydroxylation is 1. The fraction of sp³-hybridized carbons (Fsp3) is 0.217. The van der Waals surface area contributed by atoms with Crippen molar-refractivity contribution in [1.82, 2.24) is 9.55 Å². The summed E-state index contributed by atoms with van der Waals surface area (Å²) in [5, 5.41) is 2.67. The molecule has 1 aromatic carbocycles. The minimum atomic E-state index is -3.84. The van der Waals surface area contributed by atoms with Gasteiger partial charge in [-0.15, -0.1) is 8.78 Å². The number of nitrogens with one attached hydrogen (secondary N) is 1. The van der Waals surface area contributed by atoms with Crippen molar-refractivity contribution in [1.29, 1.82) is 0 Å². The van der Waals surface area contributed by atoms with Crippen molar-refractivity contribution < 1.29 is 18.3 Å². The molecule has 2 aromatic heterocycles. The molecule has 1 fully saturated rings. The van der Waals surface area contributed by atoms with Crippen LogP contribution in [0, 0.1) is 6.57 Å². The van der Waals surface area contributed by atoms with Gasteiger partial charge in [0.15, 0.2) is 0 Å². The van der Waals surface area contributed by atoms with Crippen molar-refractivity contribution in [3.05, 3.63) is 82.2 Å². The number of aromatic nitrogens is 2. The molecule has 1 aliphatic heterocycles. The molecule has 0 unspecified atom stereocenters. The maximum Gasteiger partial charge on any atom is 0.487 e. The Bertz CT molecular complexity index is 1330. The number of alkyl halides is 3. The zero-order valence-electron chi connectivity index (χ0n) is 17.8. The molecule has 4 rings (SSSR count). The normalized spacial score (nSPS) is 13.7. The Kier molecular flexibility index (Phi) is 6.22. The first-order chi connectivity index (χ1) is 16.1. The first kappa shape index (κ1) is 23.2. The van der Waals surface area contributed by atoms with Crippen LogP contribution in [0.4, 0.5) is 20.3 Å². The Morgan fingerprint density at radius 2 is 1.97 bits per heavy atom. The van der Waals surface area contributed by atoms with Crippen LogP contribution in [0.2, 0.25) is 0 Å². The zero-order valence-corrected chi connectivity index (χ0v) is 18.6. The van der Waals surface area contributed by atoms with E-state index >= 15 is 0 Å². The number of carbonyl (C=O) groups is 1. The van der Waals surface area contributed by atoms with Crippen LogP contribution in [-0.2, 0) is 7.05 Å². The standard InChI is InChI=1S/C23H18ClF2N5O3/c1-27-17-12-31(13-17)21-19(14-7-8-30(2)20(32)10-14)9-15(11-28-21)22(33)29-16-3-5-18(6-4-16)34-23(24,25)26/h3-11,17H,12-13H2,2H3,(H,29,33). The summed E-state index contributed by atoms with van der Waals surface area (Å²) >= 11 is 4.75. The highest BCUT2D eigenvalue weighted by Gasteiger charge is 2.34. The van der Waals surface area contributed by atoms with Crippen LogP contribution in [0.3, 0.4) is 0 Å². The number of hydrogen-bond donors (Lipinski definition) is 1. The number of rotatable bonds is 6. The van der Waals surface area contributed by atoms with Crippen molar-refractivity contribution in [2.45, 2.75) is 11.6 Å². The third-order valence-corrected chi connectivity index (χ3v) is 5.31. The number of pyridine rings is 2. The number of hydrogen-bond acceptors (Lipinski definition) is 5. The summed E-state index contributed by atoms with van der Waals surface area (Å²) in [6, 6.07) is 10.00. The number of carbonyl (C=O) groups excluding carboxylic acids is 1. The molecule has 1 N–H and O–H groups in total. The van der Waals surface area contributed by atoms with Crippen molar-refractivity contribution in [3.8, 4) is 16.9 Å². The van der Waals surface area contributed by atoms with Crippen LogP contribution in [0.15, 0.2) is 59.7 Å². The molecular weight excluding hydrogens is 468 g/mol. The van der Waals surface area contributed by atoms with Crippen LogP contribution in [0.5, 0.6) is 5.75 Å². The summed E-state index contributed by atoms with van der Waals surface area (Å²) in [7, 11) is 1.63. The Morgan fingerprint density at radius 3 is 2.59 bits per heavy atom. The monoisotopic (exact) mass is 485 g/mol. The van der Waals surface area contributed by atoms with Crippen LogP contribution in [0.25, 0.3) is 16.0 Å². The highest BCUT2D eigenvalue weighted by Crippen LogP contribution is 2.33. The molecule has 1 amide bonds. The molecule has 1 saturated heterocycles. The first-order valence-electron chi connectivity index (χ1n) is 10.1. The summed E-state index contributed by atoms with van der Waals surface area (Å²) in [6.45, 7) is 8.18. The van der Waals surface area contributed by atoms with Gasteiger partial charge >= 0.3 is 5.57 Å².